The number of carbonyl (C=O) groups excluding carboxylic acids is 1. The highest BCUT2D eigenvalue weighted by Gasteiger charge is 2.35. The van der Waals surface area contributed by atoms with Gasteiger partial charge in [-0.15, -0.1) is 11.3 Å². The quantitative estimate of drug-likeness (QED) is 0.718. The van der Waals surface area contributed by atoms with Crippen molar-refractivity contribution < 1.29 is 9.18 Å². The molecule has 1 saturated carbocycles. The van der Waals surface area contributed by atoms with Crippen molar-refractivity contribution in [3.63, 3.8) is 0 Å². The molecule has 0 unspecified atom stereocenters. The van der Waals surface area contributed by atoms with Gasteiger partial charge in [0.1, 0.15) is 11.3 Å². The summed E-state index contributed by atoms with van der Waals surface area (Å²) in [6.45, 7) is 0.467. The summed E-state index contributed by atoms with van der Waals surface area (Å²) in [4.78, 5) is 26.5. The van der Waals surface area contributed by atoms with Crippen LogP contribution in [0.15, 0.2) is 40.5 Å². The SMILES string of the molecule is O=C(NCC1(c2cccs2)CCCCC1)c1n[nH]c2c(F)cccc2c1=O. The number of halogens is 1. The third-order valence-electron chi connectivity index (χ3n) is 5.41. The molecule has 4 rings (SSSR count). The Labute approximate surface area is 159 Å². The number of fused-ring (bicyclic) bond motifs is 1. The normalized spacial score (nSPS) is 16.3. The first-order valence-electron chi connectivity index (χ1n) is 9.10. The number of aromatic nitrogens is 2. The van der Waals surface area contributed by atoms with Crippen molar-refractivity contribution in [2.45, 2.75) is 37.5 Å². The molecule has 3 aromatic rings. The van der Waals surface area contributed by atoms with Crippen LogP contribution in [-0.4, -0.2) is 22.6 Å². The predicted molar refractivity (Wildman–Crippen MR) is 104 cm³/mol. The van der Waals surface area contributed by atoms with Crippen LogP contribution in [0.1, 0.15) is 47.5 Å². The topological polar surface area (TPSA) is 74.8 Å². The molecule has 1 aliphatic rings. The highest BCUT2D eigenvalue weighted by molar-refractivity contribution is 7.10. The number of aromatic amines is 1. The summed E-state index contributed by atoms with van der Waals surface area (Å²) in [6.07, 6.45) is 5.49. The summed E-state index contributed by atoms with van der Waals surface area (Å²) >= 11 is 1.71. The minimum atomic E-state index is -0.567. The van der Waals surface area contributed by atoms with E-state index in [2.05, 4.69) is 27.0 Å². The van der Waals surface area contributed by atoms with Gasteiger partial charge in [-0.05, 0) is 36.4 Å². The molecular formula is C20H20FN3O2S. The Hall–Kier alpha value is -2.54. The second-order valence-corrected chi connectivity index (χ2v) is 8.01. The van der Waals surface area contributed by atoms with E-state index in [1.165, 1.54) is 29.5 Å². The zero-order valence-electron chi connectivity index (χ0n) is 14.8. The lowest BCUT2D eigenvalue weighted by atomic mass is 9.73. The van der Waals surface area contributed by atoms with E-state index in [1.807, 2.05) is 6.07 Å². The number of hydrogen-bond acceptors (Lipinski definition) is 4. The zero-order chi connectivity index (χ0) is 18.9. The maximum absolute atomic E-state index is 13.8. The molecule has 2 N–H and O–H groups in total. The monoisotopic (exact) mass is 385 g/mol. The van der Waals surface area contributed by atoms with Gasteiger partial charge in [-0.3, -0.25) is 14.7 Å². The van der Waals surface area contributed by atoms with Gasteiger partial charge in [0.25, 0.3) is 5.91 Å². The molecule has 1 fully saturated rings. The number of thiophene rings is 1. The number of benzene rings is 1. The summed E-state index contributed by atoms with van der Waals surface area (Å²) in [5, 5.41) is 11.4. The largest absolute Gasteiger partial charge is 0.350 e. The minimum Gasteiger partial charge on any atom is -0.350 e. The molecule has 1 aliphatic carbocycles. The van der Waals surface area contributed by atoms with Crippen molar-refractivity contribution in [3.8, 4) is 0 Å². The van der Waals surface area contributed by atoms with E-state index in [0.29, 0.717) is 6.54 Å². The van der Waals surface area contributed by atoms with Gasteiger partial charge in [-0.25, -0.2) is 4.39 Å². The molecule has 1 aromatic carbocycles. The lowest BCUT2D eigenvalue weighted by Gasteiger charge is -2.36. The summed E-state index contributed by atoms with van der Waals surface area (Å²) in [6, 6.07) is 8.33. The smallest absolute Gasteiger partial charge is 0.275 e. The van der Waals surface area contributed by atoms with E-state index in [0.717, 1.165) is 25.7 Å². The van der Waals surface area contributed by atoms with Crippen molar-refractivity contribution in [1.82, 2.24) is 15.5 Å². The highest BCUT2D eigenvalue weighted by Crippen LogP contribution is 2.41. The number of hydrogen-bond donors (Lipinski definition) is 2. The van der Waals surface area contributed by atoms with Gasteiger partial charge in [0, 0.05) is 16.8 Å². The number of H-pyrrole nitrogens is 1. The first-order valence-corrected chi connectivity index (χ1v) is 9.98. The molecule has 27 heavy (non-hydrogen) atoms. The van der Waals surface area contributed by atoms with Crippen LogP contribution >= 0.6 is 11.3 Å². The maximum Gasteiger partial charge on any atom is 0.275 e. The number of rotatable bonds is 4. The fraction of sp³-hybridized carbons (Fsp3) is 0.350. The average molecular weight is 385 g/mol. The van der Waals surface area contributed by atoms with Crippen LogP contribution in [0.2, 0.25) is 0 Å². The van der Waals surface area contributed by atoms with Crippen molar-refractivity contribution in [2.24, 2.45) is 0 Å². The van der Waals surface area contributed by atoms with Crippen LogP contribution in [0.25, 0.3) is 10.9 Å². The second-order valence-electron chi connectivity index (χ2n) is 7.06. The van der Waals surface area contributed by atoms with Crippen LogP contribution in [0, 0.1) is 5.82 Å². The van der Waals surface area contributed by atoms with Crippen LogP contribution < -0.4 is 10.7 Å². The second kappa shape index (κ2) is 7.23. The number of nitrogens with one attached hydrogen (secondary N) is 2. The molecule has 0 saturated heterocycles. The lowest BCUT2D eigenvalue weighted by Crippen LogP contribution is -2.43. The van der Waals surface area contributed by atoms with E-state index < -0.39 is 17.2 Å². The Bertz CT molecular complexity index is 1020. The third kappa shape index (κ3) is 3.27. The molecule has 2 aromatic heterocycles. The number of carbonyl (C=O) groups is 1. The van der Waals surface area contributed by atoms with E-state index in [1.54, 1.807) is 11.3 Å². The number of nitrogens with zero attached hydrogens (tertiary/aromatic N) is 1. The average Bonchev–Trinajstić information content (AvgIpc) is 3.23. The predicted octanol–water partition coefficient (Wildman–Crippen LogP) is 3.76. The number of amides is 1. The lowest BCUT2D eigenvalue weighted by molar-refractivity contribution is 0.0930. The molecule has 7 heteroatoms. The van der Waals surface area contributed by atoms with Gasteiger partial charge in [0.2, 0.25) is 5.43 Å². The Morgan fingerprint density at radius 1 is 1.22 bits per heavy atom. The highest BCUT2D eigenvalue weighted by atomic mass is 32.1. The van der Waals surface area contributed by atoms with E-state index in [9.17, 15) is 14.0 Å². The maximum atomic E-state index is 13.8. The van der Waals surface area contributed by atoms with Crippen LogP contribution in [-0.2, 0) is 5.41 Å². The molecule has 2 heterocycles. The van der Waals surface area contributed by atoms with Gasteiger partial charge < -0.3 is 5.32 Å². The third-order valence-corrected chi connectivity index (χ3v) is 6.53. The number of para-hydroxylation sites is 1. The fourth-order valence-corrected chi connectivity index (χ4v) is 4.91. The Kier molecular flexibility index (Phi) is 4.78. The summed E-state index contributed by atoms with van der Waals surface area (Å²) in [5.74, 6) is -1.09. The standard InChI is InChI=1S/C20H20FN3O2S/c21-14-7-4-6-13-16(14)23-24-17(18(13)25)19(26)22-12-20(9-2-1-3-10-20)15-8-5-11-27-15/h4-8,11H,1-3,9-10,12H2,(H,22,26)(H,23,25). The molecule has 1 amide bonds. The first-order chi connectivity index (χ1) is 13.1. The summed E-state index contributed by atoms with van der Waals surface area (Å²) in [7, 11) is 0. The van der Waals surface area contributed by atoms with E-state index in [4.69, 9.17) is 0 Å². The van der Waals surface area contributed by atoms with Crippen molar-refractivity contribution in [1.29, 1.82) is 0 Å². The van der Waals surface area contributed by atoms with Gasteiger partial charge in [-0.1, -0.05) is 31.4 Å². The van der Waals surface area contributed by atoms with Gasteiger partial charge in [0.15, 0.2) is 5.69 Å². The molecule has 0 bridgehead atoms. The van der Waals surface area contributed by atoms with Gasteiger partial charge in [-0.2, -0.15) is 5.10 Å². The summed E-state index contributed by atoms with van der Waals surface area (Å²) < 4.78 is 13.8. The van der Waals surface area contributed by atoms with Crippen molar-refractivity contribution in [3.05, 3.63) is 62.3 Å². The molecule has 0 atom stereocenters. The van der Waals surface area contributed by atoms with Crippen LogP contribution in [0.3, 0.4) is 0 Å². The minimum absolute atomic E-state index is 0.0152. The Morgan fingerprint density at radius 3 is 2.78 bits per heavy atom. The molecule has 0 radical (unpaired) electrons. The van der Waals surface area contributed by atoms with Crippen LogP contribution in [0.5, 0.6) is 0 Å². The Morgan fingerprint density at radius 2 is 2.04 bits per heavy atom. The Balaban J connectivity index is 1.60. The zero-order valence-corrected chi connectivity index (χ0v) is 15.6. The van der Waals surface area contributed by atoms with Crippen molar-refractivity contribution >= 4 is 28.1 Å². The fourth-order valence-electron chi connectivity index (χ4n) is 3.92. The summed E-state index contributed by atoms with van der Waals surface area (Å²) in [5.41, 5.74) is -0.862. The van der Waals surface area contributed by atoms with Gasteiger partial charge in [0.05, 0.1) is 5.39 Å². The van der Waals surface area contributed by atoms with Crippen LogP contribution in [0.4, 0.5) is 4.39 Å². The van der Waals surface area contributed by atoms with Crippen molar-refractivity contribution in [2.75, 3.05) is 6.54 Å². The van der Waals surface area contributed by atoms with E-state index in [-0.39, 0.29) is 22.0 Å². The van der Waals surface area contributed by atoms with E-state index >= 15 is 0 Å². The first kappa shape index (κ1) is 17.9. The molecule has 5 nitrogen and oxygen atoms in total. The molecule has 140 valence electrons. The molecular weight excluding hydrogens is 365 g/mol. The molecule has 0 aliphatic heterocycles. The van der Waals surface area contributed by atoms with Gasteiger partial charge >= 0.3 is 0 Å². The molecule has 0 spiro atoms.